The molecule has 0 fully saturated rings. The van der Waals surface area contributed by atoms with E-state index < -0.39 is 0 Å². The average molecular weight is 246 g/mol. The first-order valence-electron chi connectivity index (χ1n) is 6.11. The number of pyridine rings is 1. The van der Waals surface area contributed by atoms with Gasteiger partial charge in [-0.25, -0.2) is 0 Å². The summed E-state index contributed by atoms with van der Waals surface area (Å²) in [5, 5.41) is 3.45. The van der Waals surface area contributed by atoms with Crippen LogP contribution in [0, 0.1) is 0 Å². The number of hydrogen-bond acceptors (Lipinski definition) is 4. The minimum absolute atomic E-state index is 0.0162. The van der Waals surface area contributed by atoms with Crippen LogP contribution in [0.15, 0.2) is 41.3 Å². The number of hydrogen-bond donors (Lipinski definition) is 1. The third-order valence-corrected chi connectivity index (χ3v) is 2.73. The van der Waals surface area contributed by atoms with Crippen LogP contribution in [0.1, 0.15) is 30.7 Å². The number of nitrogens with one attached hydrogen (secondary N) is 1. The highest BCUT2D eigenvalue weighted by Crippen LogP contribution is 2.24. The monoisotopic (exact) mass is 246 g/mol. The molecule has 0 saturated heterocycles. The van der Waals surface area contributed by atoms with Crippen LogP contribution in [-0.2, 0) is 0 Å². The molecule has 4 heteroatoms. The fourth-order valence-corrected chi connectivity index (χ4v) is 1.83. The smallest absolute Gasteiger partial charge is 0.137 e. The summed E-state index contributed by atoms with van der Waals surface area (Å²) in [5.74, 6) is 1.64. The molecule has 2 heterocycles. The van der Waals surface area contributed by atoms with Gasteiger partial charge in [-0.3, -0.25) is 4.98 Å². The Balaban J connectivity index is 2.27. The lowest BCUT2D eigenvalue weighted by molar-refractivity contribution is 0.409. The van der Waals surface area contributed by atoms with Crippen molar-refractivity contribution in [1.29, 1.82) is 0 Å². The van der Waals surface area contributed by atoms with Crippen LogP contribution in [0.25, 0.3) is 0 Å². The van der Waals surface area contributed by atoms with Crippen molar-refractivity contribution in [3.63, 3.8) is 0 Å². The van der Waals surface area contributed by atoms with Crippen molar-refractivity contribution >= 4 is 0 Å². The van der Waals surface area contributed by atoms with Crippen LogP contribution in [-0.4, -0.2) is 18.6 Å². The zero-order valence-electron chi connectivity index (χ0n) is 10.7. The molecule has 0 amide bonds. The molecule has 2 rings (SSSR count). The number of rotatable bonds is 6. The van der Waals surface area contributed by atoms with Gasteiger partial charge in [0.1, 0.15) is 11.5 Å². The van der Waals surface area contributed by atoms with E-state index in [1.807, 2.05) is 24.4 Å². The minimum Gasteiger partial charge on any atom is -0.495 e. The molecule has 1 unspecified atom stereocenters. The maximum absolute atomic E-state index is 5.49. The normalized spacial score (nSPS) is 12.3. The number of ether oxygens (including phenoxy) is 1. The van der Waals surface area contributed by atoms with Gasteiger partial charge < -0.3 is 14.5 Å². The molecule has 2 aromatic rings. The maximum atomic E-state index is 5.49. The van der Waals surface area contributed by atoms with Crippen LogP contribution < -0.4 is 10.1 Å². The highest BCUT2D eigenvalue weighted by atomic mass is 16.5. The number of aromatic nitrogens is 1. The Labute approximate surface area is 107 Å². The molecule has 4 nitrogen and oxygen atoms in total. The predicted octanol–water partition coefficient (Wildman–Crippen LogP) is 2.77. The van der Waals surface area contributed by atoms with Gasteiger partial charge in [0, 0.05) is 6.20 Å². The van der Waals surface area contributed by atoms with Gasteiger partial charge >= 0.3 is 0 Å². The molecule has 1 N–H and O–H groups in total. The lowest BCUT2D eigenvalue weighted by atomic mass is 10.1. The highest BCUT2D eigenvalue weighted by Gasteiger charge is 2.16. The first-order valence-corrected chi connectivity index (χ1v) is 6.11. The summed E-state index contributed by atoms with van der Waals surface area (Å²) in [5.41, 5.74) is 1.04. The molecule has 0 spiro atoms. The summed E-state index contributed by atoms with van der Waals surface area (Å²) in [6.45, 7) is 3.05. The summed E-state index contributed by atoms with van der Waals surface area (Å²) in [6, 6.07) is 5.85. The zero-order chi connectivity index (χ0) is 12.8. The number of furan rings is 1. The van der Waals surface area contributed by atoms with Gasteiger partial charge in [0.15, 0.2) is 0 Å². The lowest BCUT2D eigenvalue weighted by Crippen LogP contribution is -2.22. The Bertz CT molecular complexity index is 468. The molecule has 96 valence electrons. The lowest BCUT2D eigenvalue weighted by Gasteiger charge is -2.16. The molecule has 2 aromatic heterocycles. The van der Waals surface area contributed by atoms with E-state index in [-0.39, 0.29) is 6.04 Å². The van der Waals surface area contributed by atoms with E-state index >= 15 is 0 Å². The molecule has 0 saturated carbocycles. The van der Waals surface area contributed by atoms with E-state index in [1.165, 1.54) is 0 Å². The summed E-state index contributed by atoms with van der Waals surface area (Å²) in [6.07, 6.45) is 6.28. The number of nitrogens with zero attached hydrogens (tertiary/aromatic N) is 1. The van der Waals surface area contributed by atoms with Crippen LogP contribution in [0.4, 0.5) is 0 Å². The van der Waals surface area contributed by atoms with Gasteiger partial charge in [-0.2, -0.15) is 0 Å². The molecule has 0 aliphatic carbocycles. The second-order valence-corrected chi connectivity index (χ2v) is 4.06. The van der Waals surface area contributed by atoms with Crippen LogP contribution >= 0.6 is 0 Å². The van der Waals surface area contributed by atoms with Crippen LogP contribution in [0.2, 0.25) is 0 Å². The Morgan fingerprint density at radius 2 is 2.33 bits per heavy atom. The van der Waals surface area contributed by atoms with Crippen molar-refractivity contribution in [2.24, 2.45) is 0 Å². The van der Waals surface area contributed by atoms with E-state index in [4.69, 9.17) is 9.15 Å². The van der Waals surface area contributed by atoms with Crippen molar-refractivity contribution in [3.05, 3.63) is 48.2 Å². The molecule has 0 aliphatic rings. The van der Waals surface area contributed by atoms with Gasteiger partial charge in [0.2, 0.25) is 0 Å². The standard InChI is InChI=1S/C14H18N2O2/c1-3-6-16-14(13-5-4-7-18-13)11-8-12(17-2)10-15-9-11/h4-5,7-10,14,16H,3,6H2,1-2H3. The van der Waals surface area contributed by atoms with E-state index in [0.717, 1.165) is 30.0 Å². The Kier molecular flexibility index (Phi) is 4.36. The quantitative estimate of drug-likeness (QED) is 0.851. The topological polar surface area (TPSA) is 47.3 Å². The summed E-state index contributed by atoms with van der Waals surface area (Å²) < 4.78 is 10.7. The molecule has 0 aliphatic heterocycles. The Morgan fingerprint density at radius 1 is 1.44 bits per heavy atom. The minimum atomic E-state index is 0.0162. The van der Waals surface area contributed by atoms with Crippen molar-refractivity contribution < 1.29 is 9.15 Å². The summed E-state index contributed by atoms with van der Waals surface area (Å²) in [7, 11) is 1.64. The van der Waals surface area contributed by atoms with Crippen LogP contribution in [0.5, 0.6) is 5.75 Å². The molecule has 1 atom stereocenters. The predicted molar refractivity (Wildman–Crippen MR) is 69.6 cm³/mol. The molecule has 0 radical (unpaired) electrons. The summed E-state index contributed by atoms with van der Waals surface area (Å²) in [4.78, 5) is 4.19. The molecular weight excluding hydrogens is 228 g/mol. The SMILES string of the molecule is CCCNC(c1cncc(OC)c1)c1ccco1. The van der Waals surface area contributed by atoms with Gasteiger partial charge in [-0.05, 0) is 36.7 Å². The summed E-state index contributed by atoms with van der Waals surface area (Å²) >= 11 is 0. The van der Waals surface area contributed by atoms with Gasteiger partial charge in [0.25, 0.3) is 0 Å². The van der Waals surface area contributed by atoms with Gasteiger partial charge in [-0.15, -0.1) is 0 Å². The van der Waals surface area contributed by atoms with Crippen molar-refractivity contribution in [2.45, 2.75) is 19.4 Å². The molecule has 18 heavy (non-hydrogen) atoms. The third kappa shape index (κ3) is 2.90. The molecule has 0 aromatic carbocycles. The maximum Gasteiger partial charge on any atom is 0.137 e. The Morgan fingerprint density at radius 3 is 3.00 bits per heavy atom. The third-order valence-electron chi connectivity index (χ3n) is 2.73. The highest BCUT2D eigenvalue weighted by molar-refractivity contribution is 5.30. The van der Waals surface area contributed by atoms with Crippen molar-refractivity contribution in [2.75, 3.05) is 13.7 Å². The van der Waals surface area contributed by atoms with Gasteiger partial charge in [-0.1, -0.05) is 6.92 Å². The van der Waals surface area contributed by atoms with E-state index in [0.29, 0.717) is 0 Å². The first kappa shape index (κ1) is 12.6. The Hall–Kier alpha value is -1.81. The molecular formula is C14H18N2O2. The fourth-order valence-electron chi connectivity index (χ4n) is 1.83. The van der Waals surface area contributed by atoms with Crippen molar-refractivity contribution in [1.82, 2.24) is 10.3 Å². The first-order chi connectivity index (χ1) is 8.85. The fraction of sp³-hybridized carbons (Fsp3) is 0.357. The largest absolute Gasteiger partial charge is 0.495 e. The van der Waals surface area contributed by atoms with Crippen LogP contribution in [0.3, 0.4) is 0 Å². The second kappa shape index (κ2) is 6.21. The van der Waals surface area contributed by atoms with E-state index in [2.05, 4.69) is 17.2 Å². The van der Waals surface area contributed by atoms with Crippen molar-refractivity contribution in [3.8, 4) is 5.75 Å². The average Bonchev–Trinajstić information content (AvgIpc) is 2.93. The molecule has 0 bridgehead atoms. The van der Waals surface area contributed by atoms with Gasteiger partial charge in [0.05, 0.1) is 25.6 Å². The second-order valence-electron chi connectivity index (χ2n) is 4.06. The zero-order valence-corrected chi connectivity index (χ0v) is 10.7. The van der Waals surface area contributed by atoms with E-state index in [9.17, 15) is 0 Å². The number of methoxy groups -OCH3 is 1. The van der Waals surface area contributed by atoms with E-state index in [1.54, 1.807) is 19.6 Å².